The van der Waals surface area contributed by atoms with Crippen molar-refractivity contribution < 1.29 is 19.0 Å². The molecule has 1 aliphatic rings. The van der Waals surface area contributed by atoms with Gasteiger partial charge in [0.05, 0.1) is 5.69 Å². The van der Waals surface area contributed by atoms with Crippen LogP contribution < -0.4 is 15.8 Å². The zero-order valence-electron chi connectivity index (χ0n) is 14.3. The van der Waals surface area contributed by atoms with Crippen molar-refractivity contribution in [2.75, 3.05) is 5.32 Å². The fourth-order valence-electron chi connectivity index (χ4n) is 2.99. The van der Waals surface area contributed by atoms with Crippen LogP contribution in [-0.2, 0) is 11.2 Å². The summed E-state index contributed by atoms with van der Waals surface area (Å²) in [5, 5.41) is 13.7. The van der Waals surface area contributed by atoms with Crippen molar-refractivity contribution in [2.45, 2.75) is 32.1 Å². The summed E-state index contributed by atoms with van der Waals surface area (Å²) in [7, 11) is 0. The number of aromatic nitrogens is 1. The number of fused-ring (bicyclic) bond motifs is 1. The van der Waals surface area contributed by atoms with Gasteiger partial charge < -0.3 is 20.9 Å². The molecule has 3 rings (SSSR count). The van der Waals surface area contributed by atoms with Crippen molar-refractivity contribution in [3.63, 3.8) is 0 Å². The molecule has 1 aromatic heterocycles. The van der Waals surface area contributed by atoms with E-state index in [4.69, 9.17) is 10.5 Å². The van der Waals surface area contributed by atoms with E-state index < -0.39 is 23.6 Å². The minimum absolute atomic E-state index is 0.130. The minimum atomic E-state index is -2.34. The first kappa shape index (κ1) is 18.8. The smallest absolute Gasteiger partial charge is 0.313 e. The van der Waals surface area contributed by atoms with E-state index in [1.165, 1.54) is 12.1 Å². The molecule has 0 spiro atoms. The Kier molecular flexibility index (Phi) is 5.07. The van der Waals surface area contributed by atoms with Crippen molar-refractivity contribution in [1.29, 1.82) is 0 Å². The number of benzene rings is 1. The lowest BCUT2D eigenvalue weighted by molar-refractivity contribution is -0.170. The summed E-state index contributed by atoms with van der Waals surface area (Å²) in [5.41, 5.74) is 6.71. The fourth-order valence-corrected chi connectivity index (χ4v) is 3.44. The van der Waals surface area contributed by atoms with Gasteiger partial charge in [-0.25, -0.2) is 4.39 Å². The molecule has 0 fully saturated rings. The molecular formula is C18H19FIN3O3. The second kappa shape index (κ2) is 6.99. The number of rotatable bonds is 5. The number of hydrogen-bond donors (Lipinski definition) is 3. The van der Waals surface area contributed by atoms with Gasteiger partial charge in [-0.1, -0.05) is 13.8 Å². The summed E-state index contributed by atoms with van der Waals surface area (Å²) < 4.78 is 20.5. The average molecular weight is 471 g/mol. The van der Waals surface area contributed by atoms with Crippen LogP contribution in [0.25, 0.3) is 0 Å². The highest BCUT2D eigenvalue weighted by Crippen LogP contribution is 2.45. The molecule has 0 radical (unpaired) electrons. The normalized spacial score (nSPS) is 21.4. The summed E-state index contributed by atoms with van der Waals surface area (Å²) in [6.45, 7) is 4.05. The first-order valence-corrected chi connectivity index (χ1v) is 9.21. The van der Waals surface area contributed by atoms with Crippen molar-refractivity contribution in [2.24, 2.45) is 11.7 Å². The molecule has 2 heterocycles. The Morgan fingerprint density at radius 3 is 2.85 bits per heavy atom. The Morgan fingerprint density at radius 2 is 2.23 bits per heavy atom. The topological polar surface area (TPSA) is 97.5 Å². The van der Waals surface area contributed by atoms with E-state index in [0.29, 0.717) is 23.4 Å². The monoisotopic (exact) mass is 471 g/mol. The standard InChI is InChI=1S/C18H19FIN3O3/c1-9(2)7-13-15-14(5-6-22-13)26-18(25,17(21)24)16(15)23-12-4-3-10(20)8-11(12)19/h3-6,8-9,16,23,25H,7H2,1-2H3,(H2,21,24). The van der Waals surface area contributed by atoms with Crippen molar-refractivity contribution >= 4 is 34.2 Å². The molecular weight excluding hydrogens is 452 g/mol. The Morgan fingerprint density at radius 1 is 1.50 bits per heavy atom. The van der Waals surface area contributed by atoms with E-state index in [0.717, 1.165) is 3.57 Å². The van der Waals surface area contributed by atoms with Gasteiger partial charge in [-0.05, 0) is 59.2 Å². The number of primary amides is 1. The van der Waals surface area contributed by atoms with Crippen LogP contribution in [0.1, 0.15) is 31.1 Å². The molecule has 1 amide bonds. The second-order valence-corrected chi connectivity index (χ2v) is 7.88. The predicted octanol–water partition coefficient (Wildman–Crippen LogP) is 2.74. The zero-order valence-corrected chi connectivity index (χ0v) is 16.5. The number of carbonyl (C=O) groups is 1. The van der Waals surface area contributed by atoms with Crippen molar-refractivity contribution in [3.05, 3.63) is 51.1 Å². The highest BCUT2D eigenvalue weighted by atomic mass is 127. The number of carbonyl (C=O) groups excluding carboxylic acids is 1. The Labute approximate surface area is 164 Å². The van der Waals surface area contributed by atoms with Gasteiger partial charge in [-0.2, -0.15) is 0 Å². The minimum Gasteiger partial charge on any atom is -0.451 e. The van der Waals surface area contributed by atoms with Crippen molar-refractivity contribution in [1.82, 2.24) is 4.98 Å². The van der Waals surface area contributed by atoms with Gasteiger partial charge in [-0.3, -0.25) is 9.78 Å². The number of pyridine rings is 1. The second-order valence-electron chi connectivity index (χ2n) is 6.63. The van der Waals surface area contributed by atoms with Crippen LogP contribution in [0.5, 0.6) is 5.75 Å². The maximum Gasteiger partial charge on any atom is 0.313 e. The van der Waals surface area contributed by atoms with Crippen LogP contribution in [0.3, 0.4) is 0 Å². The van der Waals surface area contributed by atoms with Crippen LogP contribution >= 0.6 is 22.6 Å². The van der Waals surface area contributed by atoms with E-state index in [9.17, 15) is 14.3 Å². The first-order valence-electron chi connectivity index (χ1n) is 8.13. The highest BCUT2D eigenvalue weighted by Gasteiger charge is 2.54. The molecule has 6 nitrogen and oxygen atoms in total. The Balaban J connectivity index is 2.10. The van der Waals surface area contributed by atoms with Crippen LogP contribution in [0.2, 0.25) is 0 Å². The maximum atomic E-state index is 14.3. The molecule has 138 valence electrons. The molecule has 1 aliphatic heterocycles. The molecule has 2 aromatic rings. The van der Waals surface area contributed by atoms with Crippen LogP contribution in [0, 0.1) is 15.3 Å². The molecule has 0 saturated carbocycles. The molecule has 8 heteroatoms. The number of amides is 1. The Hall–Kier alpha value is -1.94. The number of anilines is 1. The number of hydrogen-bond acceptors (Lipinski definition) is 5. The van der Waals surface area contributed by atoms with E-state index in [1.54, 1.807) is 18.3 Å². The third kappa shape index (κ3) is 3.35. The van der Waals surface area contributed by atoms with Crippen molar-refractivity contribution in [3.8, 4) is 5.75 Å². The molecule has 2 unspecified atom stereocenters. The van der Waals surface area contributed by atoms with Gasteiger partial charge in [-0.15, -0.1) is 0 Å². The molecule has 4 N–H and O–H groups in total. The number of ether oxygens (including phenoxy) is 1. The van der Waals surface area contributed by atoms with Gasteiger partial charge in [0.15, 0.2) is 0 Å². The number of nitrogens with zero attached hydrogens (tertiary/aromatic N) is 1. The van der Waals surface area contributed by atoms with Gasteiger partial charge in [0.2, 0.25) is 0 Å². The summed E-state index contributed by atoms with van der Waals surface area (Å²) in [4.78, 5) is 16.3. The van der Waals surface area contributed by atoms with E-state index >= 15 is 0 Å². The van der Waals surface area contributed by atoms with Crippen LogP contribution in [-0.4, -0.2) is 21.8 Å². The largest absolute Gasteiger partial charge is 0.451 e. The van der Waals surface area contributed by atoms with E-state index in [1.807, 2.05) is 36.4 Å². The summed E-state index contributed by atoms with van der Waals surface area (Å²) in [6, 6.07) is 5.08. The SMILES string of the molecule is CC(C)Cc1nccc2c1C(Nc1ccc(I)cc1F)C(O)(C(N)=O)O2. The third-order valence-electron chi connectivity index (χ3n) is 4.16. The first-order chi connectivity index (χ1) is 12.2. The van der Waals surface area contributed by atoms with Gasteiger partial charge in [0, 0.05) is 21.0 Å². The van der Waals surface area contributed by atoms with Gasteiger partial charge >= 0.3 is 5.79 Å². The molecule has 0 bridgehead atoms. The number of nitrogens with one attached hydrogen (secondary N) is 1. The maximum absolute atomic E-state index is 14.3. The summed E-state index contributed by atoms with van der Waals surface area (Å²) >= 11 is 2.00. The lowest BCUT2D eigenvalue weighted by Crippen LogP contribution is -2.52. The van der Waals surface area contributed by atoms with Gasteiger partial charge in [0.1, 0.15) is 17.6 Å². The molecule has 26 heavy (non-hydrogen) atoms. The fraction of sp³-hybridized carbons (Fsp3) is 0.333. The molecule has 0 aliphatic carbocycles. The average Bonchev–Trinajstić information content (AvgIpc) is 2.84. The summed E-state index contributed by atoms with van der Waals surface area (Å²) in [5.74, 6) is -3.32. The zero-order chi connectivity index (χ0) is 19.1. The van der Waals surface area contributed by atoms with Crippen LogP contribution in [0.15, 0.2) is 30.5 Å². The number of aliphatic hydroxyl groups is 1. The third-order valence-corrected chi connectivity index (χ3v) is 4.83. The molecule has 2 atom stereocenters. The predicted molar refractivity (Wildman–Crippen MR) is 103 cm³/mol. The molecule has 1 aromatic carbocycles. The van der Waals surface area contributed by atoms with E-state index in [-0.39, 0.29) is 11.6 Å². The number of halogens is 2. The number of nitrogens with two attached hydrogens (primary N) is 1. The lowest BCUT2D eigenvalue weighted by atomic mass is 9.94. The summed E-state index contributed by atoms with van der Waals surface area (Å²) in [6.07, 6.45) is 2.15. The van der Waals surface area contributed by atoms with Gasteiger partial charge in [0.25, 0.3) is 5.91 Å². The quantitative estimate of drug-likeness (QED) is 0.583. The molecule has 0 saturated heterocycles. The van der Waals surface area contributed by atoms with Crippen LogP contribution in [0.4, 0.5) is 10.1 Å². The highest BCUT2D eigenvalue weighted by molar-refractivity contribution is 14.1. The van der Waals surface area contributed by atoms with E-state index in [2.05, 4.69) is 10.3 Å². The lowest BCUT2D eigenvalue weighted by Gasteiger charge is -2.27. The Bertz CT molecular complexity index is 862.